The van der Waals surface area contributed by atoms with Crippen LogP contribution >= 0.6 is 0 Å². The molecular weight excluding hydrogens is 244 g/mol. The number of hydrogen-bond acceptors (Lipinski definition) is 4. The summed E-state index contributed by atoms with van der Waals surface area (Å²) < 4.78 is 5.13. The predicted octanol–water partition coefficient (Wildman–Crippen LogP) is 1.90. The minimum atomic E-state index is -0.457. The molecular formula is C14H30N2O3. The van der Waals surface area contributed by atoms with Gasteiger partial charge in [-0.25, -0.2) is 4.79 Å². The Morgan fingerprint density at radius 1 is 1.26 bits per heavy atom. The molecule has 0 heterocycles. The van der Waals surface area contributed by atoms with Gasteiger partial charge in [-0.2, -0.15) is 0 Å². The summed E-state index contributed by atoms with van der Waals surface area (Å²) in [5, 5.41) is 15.2. The van der Waals surface area contributed by atoms with E-state index in [1.165, 1.54) is 0 Å². The molecule has 0 fully saturated rings. The number of carbonyl (C=O) groups excluding carboxylic acids is 1. The normalized spacial score (nSPS) is 13.4. The Bertz CT molecular complexity index is 250. The van der Waals surface area contributed by atoms with Crippen molar-refractivity contribution in [3.05, 3.63) is 0 Å². The van der Waals surface area contributed by atoms with Crippen LogP contribution in [0, 0.1) is 5.92 Å². The number of amides is 1. The summed E-state index contributed by atoms with van der Waals surface area (Å²) in [5.41, 5.74) is -0.457. The summed E-state index contributed by atoms with van der Waals surface area (Å²) in [7, 11) is 0. The highest BCUT2D eigenvalue weighted by molar-refractivity contribution is 5.67. The predicted molar refractivity (Wildman–Crippen MR) is 77.2 cm³/mol. The maximum Gasteiger partial charge on any atom is 0.407 e. The van der Waals surface area contributed by atoms with Gasteiger partial charge in [0.25, 0.3) is 0 Å². The molecule has 0 aromatic rings. The summed E-state index contributed by atoms with van der Waals surface area (Å²) >= 11 is 0. The van der Waals surface area contributed by atoms with Crippen molar-refractivity contribution in [1.82, 2.24) is 10.6 Å². The molecule has 0 aliphatic carbocycles. The molecule has 1 unspecified atom stereocenters. The highest BCUT2D eigenvalue weighted by atomic mass is 16.6. The van der Waals surface area contributed by atoms with Crippen LogP contribution in [0.3, 0.4) is 0 Å². The van der Waals surface area contributed by atoms with E-state index in [0.717, 1.165) is 19.4 Å². The number of carbonyl (C=O) groups is 1. The van der Waals surface area contributed by atoms with Crippen LogP contribution in [0.15, 0.2) is 0 Å². The molecule has 0 spiro atoms. The number of aliphatic hydroxyl groups is 1. The molecule has 0 aliphatic heterocycles. The van der Waals surface area contributed by atoms with E-state index in [2.05, 4.69) is 24.5 Å². The van der Waals surface area contributed by atoms with Crippen molar-refractivity contribution in [2.45, 2.75) is 59.1 Å². The van der Waals surface area contributed by atoms with E-state index >= 15 is 0 Å². The van der Waals surface area contributed by atoms with E-state index in [1.54, 1.807) is 0 Å². The molecule has 0 bridgehead atoms. The second kappa shape index (κ2) is 9.15. The average Bonchev–Trinajstić information content (AvgIpc) is 2.23. The second-order valence-corrected chi connectivity index (χ2v) is 6.25. The highest BCUT2D eigenvalue weighted by Gasteiger charge is 2.15. The molecule has 0 radical (unpaired) electrons. The molecule has 0 aliphatic rings. The molecule has 1 atom stereocenters. The molecule has 0 saturated heterocycles. The SMILES string of the molecule is CC(C)CC(CO)NCCCNC(=O)OC(C)(C)C. The van der Waals surface area contributed by atoms with Crippen LogP contribution in [0.25, 0.3) is 0 Å². The molecule has 19 heavy (non-hydrogen) atoms. The summed E-state index contributed by atoms with van der Waals surface area (Å²) in [4.78, 5) is 11.4. The fraction of sp³-hybridized carbons (Fsp3) is 0.929. The molecule has 0 aromatic carbocycles. The van der Waals surface area contributed by atoms with Gasteiger partial charge in [0, 0.05) is 12.6 Å². The van der Waals surface area contributed by atoms with Crippen LogP contribution < -0.4 is 10.6 Å². The van der Waals surface area contributed by atoms with Gasteiger partial charge in [0.2, 0.25) is 0 Å². The number of hydrogen-bond donors (Lipinski definition) is 3. The van der Waals surface area contributed by atoms with Crippen molar-refractivity contribution in [2.24, 2.45) is 5.92 Å². The number of nitrogens with one attached hydrogen (secondary N) is 2. The van der Waals surface area contributed by atoms with Gasteiger partial charge in [0.1, 0.15) is 5.60 Å². The number of rotatable bonds is 8. The molecule has 5 heteroatoms. The first kappa shape index (κ1) is 18.2. The molecule has 0 rings (SSSR count). The van der Waals surface area contributed by atoms with Crippen molar-refractivity contribution < 1.29 is 14.6 Å². The van der Waals surface area contributed by atoms with Crippen LogP contribution in [0.4, 0.5) is 4.79 Å². The highest BCUT2D eigenvalue weighted by Crippen LogP contribution is 2.06. The van der Waals surface area contributed by atoms with Crippen molar-refractivity contribution >= 4 is 6.09 Å². The molecule has 0 saturated carbocycles. The van der Waals surface area contributed by atoms with Crippen molar-refractivity contribution in [2.75, 3.05) is 19.7 Å². The monoisotopic (exact) mass is 274 g/mol. The maximum atomic E-state index is 11.4. The van der Waals surface area contributed by atoms with Gasteiger partial charge >= 0.3 is 6.09 Å². The van der Waals surface area contributed by atoms with Crippen LogP contribution in [-0.2, 0) is 4.74 Å². The quantitative estimate of drug-likeness (QED) is 0.591. The lowest BCUT2D eigenvalue weighted by atomic mass is 10.0. The Morgan fingerprint density at radius 3 is 2.37 bits per heavy atom. The fourth-order valence-electron chi connectivity index (χ4n) is 1.69. The van der Waals surface area contributed by atoms with Crippen LogP contribution in [0.1, 0.15) is 47.5 Å². The van der Waals surface area contributed by atoms with E-state index in [9.17, 15) is 9.90 Å². The van der Waals surface area contributed by atoms with Gasteiger partial charge in [0.15, 0.2) is 0 Å². The van der Waals surface area contributed by atoms with Crippen LogP contribution in [0.5, 0.6) is 0 Å². The lowest BCUT2D eigenvalue weighted by Gasteiger charge is -2.20. The Morgan fingerprint density at radius 2 is 1.89 bits per heavy atom. The minimum absolute atomic E-state index is 0.140. The smallest absolute Gasteiger partial charge is 0.407 e. The molecule has 3 N–H and O–H groups in total. The number of ether oxygens (including phenoxy) is 1. The summed E-state index contributed by atoms with van der Waals surface area (Å²) in [6.45, 7) is 11.3. The molecule has 114 valence electrons. The Kier molecular flexibility index (Phi) is 8.76. The van der Waals surface area contributed by atoms with E-state index < -0.39 is 5.60 Å². The van der Waals surface area contributed by atoms with E-state index in [0.29, 0.717) is 12.5 Å². The van der Waals surface area contributed by atoms with Gasteiger partial charge in [0.05, 0.1) is 6.61 Å². The first-order valence-electron chi connectivity index (χ1n) is 7.05. The van der Waals surface area contributed by atoms with Gasteiger partial charge in [-0.05, 0) is 46.1 Å². The zero-order chi connectivity index (χ0) is 14.9. The Balaban J connectivity index is 3.61. The summed E-state index contributed by atoms with van der Waals surface area (Å²) in [6.07, 6.45) is 1.39. The Hall–Kier alpha value is -0.810. The Labute approximate surface area is 117 Å². The third-order valence-electron chi connectivity index (χ3n) is 2.43. The second-order valence-electron chi connectivity index (χ2n) is 6.25. The van der Waals surface area contributed by atoms with E-state index in [1.807, 2.05) is 20.8 Å². The molecule has 5 nitrogen and oxygen atoms in total. The van der Waals surface area contributed by atoms with Crippen LogP contribution in [-0.4, -0.2) is 42.5 Å². The van der Waals surface area contributed by atoms with Gasteiger partial charge in [-0.15, -0.1) is 0 Å². The fourth-order valence-corrected chi connectivity index (χ4v) is 1.69. The summed E-state index contributed by atoms with van der Waals surface area (Å²) in [6, 6.07) is 0.140. The van der Waals surface area contributed by atoms with Crippen molar-refractivity contribution in [3.8, 4) is 0 Å². The summed E-state index contributed by atoms with van der Waals surface area (Å²) in [5.74, 6) is 0.560. The van der Waals surface area contributed by atoms with Gasteiger partial charge in [-0.1, -0.05) is 13.8 Å². The third-order valence-corrected chi connectivity index (χ3v) is 2.43. The lowest BCUT2D eigenvalue weighted by Crippen LogP contribution is -2.37. The molecule has 1 amide bonds. The topological polar surface area (TPSA) is 70.6 Å². The standard InChI is InChI=1S/C14H30N2O3/c1-11(2)9-12(10-17)15-7-6-8-16-13(18)19-14(3,4)5/h11-12,15,17H,6-10H2,1-5H3,(H,16,18). The average molecular weight is 274 g/mol. The number of alkyl carbamates (subject to hydrolysis) is 1. The van der Waals surface area contributed by atoms with Crippen molar-refractivity contribution in [1.29, 1.82) is 0 Å². The third kappa shape index (κ3) is 12.0. The first-order chi connectivity index (χ1) is 8.74. The number of aliphatic hydroxyl groups excluding tert-OH is 1. The van der Waals surface area contributed by atoms with Crippen LogP contribution in [0.2, 0.25) is 0 Å². The van der Waals surface area contributed by atoms with E-state index in [-0.39, 0.29) is 18.7 Å². The minimum Gasteiger partial charge on any atom is -0.444 e. The van der Waals surface area contributed by atoms with E-state index in [4.69, 9.17) is 4.74 Å². The van der Waals surface area contributed by atoms with Gasteiger partial charge in [-0.3, -0.25) is 0 Å². The van der Waals surface area contributed by atoms with Gasteiger partial charge < -0.3 is 20.5 Å². The lowest BCUT2D eigenvalue weighted by molar-refractivity contribution is 0.0527. The molecule has 0 aromatic heterocycles. The first-order valence-corrected chi connectivity index (χ1v) is 7.05. The zero-order valence-electron chi connectivity index (χ0n) is 13.0. The van der Waals surface area contributed by atoms with Crippen molar-refractivity contribution in [3.63, 3.8) is 0 Å². The maximum absolute atomic E-state index is 11.4. The zero-order valence-corrected chi connectivity index (χ0v) is 13.0. The largest absolute Gasteiger partial charge is 0.444 e.